The molecule has 1 amide bonds. The number of nitrogens with two attached hydrogens (primary N) is 1. The van der Waals surface area contributed by atoms with Crippen LogP contribution in [0.3, 0.4) is 0 Å². The second-order valence-corrected chi connectivity index (χ2v) is 6.31. The highest BCUT2D eigenvalue weighted by Crippen LogP contribution is 2.32. The Morgan fingerprint density at radius 1 is 1.40 bits per heavy atom. The molecule has 0 spiro atoms. The quantitative estimate of drug-likeness (QED) is 0.886. The van der Waals surface area contributed by atoms with Crippen LogP contribution in [0.25, 0.3) is 0 Å². The topological polar surface area (TPSA) is 55.1 Å². The zero-order chi connectivity index (χ0) is 14.7. The van der Waals surface area contributed by atoms with Crippen LogP contribution in [0.2, 0.25) is 0 Å². The Kier molecular flexibility index (Phi) is 4.81. The summed E-state index contributed by atoms with van der Waals surface area (Å²) < 4.78 is 0. The van der Waals surface area contributed by atoms with Gasteiger partial charge in [-0.25, -0.2) is 0 Å². The average Bonchev–Trinajstić information content (AvgIpc) is 2.37. The molecule has 0 heterocycles. The van der Waals surface area contributed by atoms with Gasteiger partial charge in [-0.05, 0) is 48.8 Å². The first-order chi connectivity index (χ1) is 9.47. The summed E-state index contributed by atoms with van der Waals surface area (Å²) in [5, 5.41) is 3.15. The van der Waals surface area contributed by atoms with Gasteiger partial charge >= 0.3 is 0 Å². The molecule has 0 bridgehead atoms. The molecule has 2 atom stereocenters. The van der Waals surface area contributed by atoms with Crippen molar-refractivity contribution in [1.29, 1.82) is 0 Å². The molecule has 1 aliphatic carbocycles. The van der Waals surface area contributed by atoms with Crippen molar-refractivity contribution < 1.29 is 4.79 Å². The predicted molar refractivity (Wildman–Crippen MR) is 82.6 cm³/mol. The molecule has 0 radical (unpaired) electrons. The van der Waals surface area contributed by atoms with Gasteiger partial charge in [0.25, 0.3) is 0 Å². The maximum atomic E-state index is 12.0. The maximum Gasteiger partial charge on any atom is 0.222 e. The third-order valence-electron chi connectivity index (χ3n) is 3.99. The molecular weight excluding hydrogens is 248 g/mol. The van der Waals surface area contributed by atoms with Gasteiger partial charge < -0.3 is 11.1 Å². The van der Waals surface area contributed by atoms with Crippen LogP contribution in [0.4, 0.5) is 0 Å². The Balaban J connectivity index is 2.18. The molecule has 0 fully saturated rings. The highest BCUT2D eigenvalue weighted by Gasteiger charge is 2.22. The summed E-state index contributed by atoms with van der Waals surface area (Å²) in [6, 6.07) is 6.80. The molecule has 1 aliphatic rings. The lowest BCUT2D eigenvalue weighted by Crippen LogP contribution is -2.34. The summed E-state index contributed by atoms with van der Waals surface area (Å²) in [7, 11) is 0. The third-order valence-corrected chi connectivity index (χ3v) is 3.99. The van der Waals surface area contributed by atoms with E-state index in [1.807, 2.05) is 6.92 Å². The molecule has 20 heavy (non-hydrogen) atoms. The Bertz CT molecular complexity index is 480. The Morgan fingerprint density at radius 2 is 2.15 bits per heavy atom. The predicted octanol–water partition coefficient (Wildman–Crippen LogP) is 3.04. The lowest BCUT2D eigenvalue weighted by molar-refractivity contribution is -0.122. The molecule has 2 rings (SSSR count). The van der Waals surface area contributed by atoms with Gasteiger partial charge in [0.05, 0.1) is 6.04 Å². The molecule has 0 aliphatic heterocycles. The fourth-order valence-electron chi connectivity index (χ4n) is 2.87. The van der Waals surface area contributed by atoms with Crippen molar-refractivity contribution in [3.63, 3.8) is 0 Å². The number of fused-ring (bicyclic) bond motifs is 1. The normalized spacial score (nSPS) is 19.6. The first-order valence-electron chi connectivity index (χ1n) is 7.65. The number of hydrogen-bond donors (Lipinski definition) is 2. The van der Waals surface area contributed by atoms with Gasteiger partial charge in [-0.15, -0.1) is 0 Å². The molecule has 1 unspecified atom stereocenters. The lowest BCUT2D eigenvalue weighted by Gasteiger charge is -2.28. The number of nitrogens with one attached hydrogen (secondary N) is 1. The fraction of sp³-hybridized carbons (Fsp3) is 0.588. The van der Waals surface area contributed by atoms with E-state index in [-0.39, 0.29) is 18.0 Å². The van der Waals surface area contributed by atoms with Gasteiger partial charge in [0, 0.05) is 12.5 Å². The third kappa shape index (κ3) is 3.60. The van der Waals surface area contributed by atoms with Crippen LogP contribution in [0.15, 0.2) is 18.2 Å². The van der Waals surface area contributed by atoms with E-state index in [1.54, 1.807) is 0 Å². The van der Waals surface area contributed by atoms with Gasteiger partial charge in [0.15, 0.2) is 0 Å². The molecule has 110 valence electrons. The summed E-state index contributed by atoms with van der Waals surface area (Å²) >= 11 is 0. The van der Waals surface area contributed by atoms with Crippen molar-refractivity contribution in [3.05, 3.63) is 34.9 Å². The van der Waals surface area contributed by atoms with Gasteiger partial charge in [0.2, 0.25) is 5.91 Å². The SMILES string of the molecule is CC(N)CC(=O)N[C@@H]1CCCc2ccc(C(C)C)cc21. The zero-order valence-electron chi connectivity index (χ0n) is 12.8. The van der Waals surface area contributed by atoms with E-state index in [0.717, 1.165) is 19.3 Å². The fourth-order valence-corrected chi connectivity index (χ4v) is 2.87. The summed E-state index contributed by atoms with van der Waals surface area (Å²) in [6.45, 7) is 6.27. The number of rotatable bonds is 4. The van der Waals surface area contributed by atoms with E-state index in [1.165, 1.54) is 16.7 Å². The van der Waals surface area contributed by atoms with Crippen molar-refractivity contribution in [3.8, 4) is 0 Å². The van der Waals surface area contributed by atoms with Gasteiger partial charge in [-0.3, -0.25) is 4.79 Å². The molecular formula is C17H26N2O. The molecule has 0 saturated carbocycles. The summed E-state index contributed by atoms with van der Waals surface area (Å²) in [6.07, 6.45) is 3.68. The van der Waals surface area contributed by atoms with Crippen LogP contribution >= 0.6 is 0 Å². The second kappa shape index (κ2) is 6.40. The molecule has 1 aromatic rings. The van der Waals surface area contributed by atoms with E-state index in [9.17, 15) is 4.79 Å². The second-order valence-electron chi connectivity index (χ2n) is 6.31. The number of carbonyl (C=O) groups is 1. The van der Waals surface area contributed by atoms with Crippen molar-refractivity contribution in [1.82, 2.24) is 5.32 Å². The Hall–Kier alpha value is -1.35. The molecule has 3 N–H and O–H groups in total. The van der Waals surface area contributed by atoms with Crippen molar-refractivity contribution in [2.45, 2.75) is 64.5 Å². The van der Waals surface area contributed by atoms with Crippen LogP contribution in [-0.4, -0.2) is 11.9 Å². The minimum absolute atomic E-state index is 0.0628. The average molecular weight is 274 g/mol. The van der Waals surface area contributed by atoms with Crippen LogP contribution < -0.4 is 11.1 Å². The Morgan fingerprint density at radius 3 is 2.80 bits per heavy atom. The largest absolute Gasteiger partial charge is 0.349 e. The molecule has 0 saturated heterocycles. The number of aryl methyl sites for hydroxylation is 1. The number of carbonyl (C=O) groups excluding carboxylic acids is 1. The van der Waals surface area contributed by atoms with Crippen LogP contribution in [-0.2, 0) is 11.2 Å². The molecule has 0 aromatic heterocycles. The summed E-state index contributed by atoms with van der Waals surface area (Å²) in [5.74, 6) is 0.579. The maximum absolute atomic E-state index is 12.0. The zero-order valence-corrected chi connectivity index (χ0v) is 12.8. The van der Waals surface area contributed by atoms with Crippen molar-refractivity contribution in [2.24, 2.45) is 5.73 Å². The molecule has 3 heteroatoms. The van der Waals surface area contributed by atoms with Crippen LogP contribution in [0.5, 0.6) is 0 Å². The molecule has 1 aromatic carbocycles. The van der Waals surface area contributed by atoms with Crippen LogP contribution in [0, 0.1) is 0 Å². The van der Waals surface area contributed by atoms with Gasteiger partial charge in [0.1, 0.15) is 0 Å². The minimum Gasteiger partial charge on any atom is -0.349 e. The van der Waals surface area contributed by atoms with E-state index in [4.69, 9.17) is 5.73 Å². The van der Waals surface area contributed by atoms with Crippen molar-refractivity contribution >= 4 is 5.91 Å². The standard InChI is InChI=1S/C17H26N2O/c1-11(2)14-8-7-13-5-4-6-16(15(13)10-14)19-17(20)9-12(3)18/h7-8,10-12,16H,4-6,9,18H2,1-3H3,(H,19,20)/t12?,16-/m1/s1. The summed E-state index contributed by atoms with van der Waals surface area (Å²) in [4.78, 5) is 12.0. The van der Waals surface area contributed by atoms with E-state index in [2.05, 4.69) is 37.4 Å². The highest BCUT2D eigenvalue weighted by atomic mass is 16.1. The van der Waals surface area contributed by atoms with E-state index >= 15 is 0 Å². The van der Waals surface area contributed by atoms with E-state index < -0.39 is 0 Å². The first kappa shape index (κ1) is 15.0. The highest BCUT2D eigenvalue weighted by molar-refractivity contribution is 5.77. The summed E-state index contributed by atoms with van der Waals surface area (Å²) in [5.41, 5.74) is 9.73. The first-order valence-corrected chi connectivity index (χ1v) is 7.65. The Labute approximate surface area is 121 Å². The van der Waals surface area contributed by atoms with Crippen molar-refractivity contribution in [2.75, 3.05) is 0 Å². The minimum atomic E-state index is -0.0833. The smallest absolute Gasteiger partial charge is 0.222 e. The monoisotopic (exact) mass is 274 g/mol. The number of benzene rings is 1. The number of amides is 1. The van der Waals surface area contributed by atoms with Crippen LogP contribution in [0.1, 0.15) is 68.7 Å². The number of hydrogen-bond acceptors (Lipinski definition) is 2. The van der Waals surface area contributed by atoms with Gasteiger partial charge in [-0.2, -0.15) is 0 Å². The lowest BCUT2D eigenvalue weighted by atomic mass is 9.85. The van der Waals surface area contributed by atoms with Gasteiger partial charge in [-0.1, -0.05) is 32.0 Å². The molecule has 3 nitrogen and oxygen atoms in total. The van der Waals surface area contributed by atoms with E-state index in [0.29, 0.717) is 12.3 Å².